The molecule has 0 aliphatic carbocycles. The van der Waals surface area contributed by atoms with Crippen LogP contribution in [0.15, 0.2) is 53.8 Å². The van der Waals surface area contributed by atoms with Crippen molar-refractivity contribution in [1.29, 1.82) is 0 Å². The largest absolute Gasteiger partial charge is 0.452 e. The van der Waals surface area contributed by atoms with Crippen molar-refractivity contribution in [1.82, 2.24) is 0 Å². The van der Waals surface area contributed by atoms with Crippen LogP contribution in [0.4, 0.5) is 0 Å². The van der Waals surface area contributed by atoms with Gasteiger partial charge in [0.05, 0.1) is 11.1 Å². The first-order valence-corrected chi connectivity index (χ1v) is 8.53. The summed E-state index contributed by atoms with van der Waals surface area (Å²) in [6, 6.07) is 12.2. The van der Waals surface area contributed by atoms with Crippen LogP contribution in [0, 0.1) is 0 Å². The average molecular weight is 350 g/mol. The number of carbonyl (C=O) groups is 2. The van der Waals surface area contributed by atoms with Gasteiger partial charge in [0.2, 0.25) is 5.78 Å². The second-order valence-corrected chi connectivity index (χ2v) is 7.64. The molecule has 1 aliphatic heterocycles. The van der Waals surface area contributed by atoms with Gasteiger partial charge in [-0.3, -0.25) is 4.79 Å². The molecule has 2 aromatic carbocycles. The van der Waals surface area contributed by atoms with Crippen LogP contribution in [0.1, 0.15) is 60.9 Å². The van der Waals surface area contributed by atoms with Crippen LogP contribution in [0.3, 0.4) is 0 Å². The molecule has 0 atom stereocenters. The zero-order valence-electron chi connectivity index (χ0n) is 15.7. The maximum Gasteiger partial charge on any atom is 0.343 e. The Hall–Kier alpha value is -2.88. The highest BCUT2D eigenvalue weighted by molar-refractivity contribution is 6.12. The Morgan fingerprint density at radius 3 is 2.23 bits per heavy atom. The number of hydrogen-bond donors (Lipinski definition) is 0. The third-order valence-electron chi connectivity index (χ3n) is 4.27. The van der Waals surface area contributed by atoms with E-state index < -0.39 is 5.97 Å². The van der Waals surface area contributed by atoms with E-state index in [4.69, 9.17) is 9.47 Å². The summed E-state index contributed by atoms with van der Waals surface area (Å²) in [5.41, 5.74) is 2.93. The zero-order chi connectivity index (χ0) is 19.1. The molecule has 0 spiro atoms. The summed E-state index contributed by atoms with van der Waals surface area (Å²) < 4.78 is 11.0. The molecule has 0 bridgehead atoms. The maximum absolute atomic E-state index is 12.4. The smallest absolute Gasteiger partial charge is 0.343 e. The van der Waals surface area contributed by atoms with Crippen molar-refractivity contribution in [2.24, 2.45) is 0 Å². The van der Waals surface area contributed by atoms with Gasteiger partial charge in [0.25, 0.3) is 0 Å². The summed E-state index contributed by atoms with van der Waals surface area (Å²) in [6.07, 6.45) is 0. The van der Waals surface area contributed by atoms with Crippen molar-refractivity contribution < 1.29 is 19.1 Å². The van der Waals surface area contributed by atoms with E-state index in [1.54, 1.807) is 30.3 Å². The Bertz CT molecular complexity index is 908. The number of Topliss-reactive ketones (excluding diaryl/α,β-unsaturated/α-hetero) is 1. The lowest BCUT2D eigenvalue weighted by Gasteiger charge is -2.18. The van der Waals surface area contributed by atoms with Gasteiger partial charge in [0.1, 0.15) is 11.5 Å². The van der Waals surface area contributed by atoms with Gasteiger partial charge in [-0.25, -0.2) is 4.79 Å². The maximum atomic E-state index is 12.4. The quantitative estimate of drug-likeness (QED) is 0.431. The number of benzene rings is 2. The summed E-state index contributed by atoms with van der Waals surface area (Å²) in [7, 11) is 0. The predicted octanol–water partition coefficient (Wildman–Crippen LogP) is 5.07. The molecular weight excluding hydrogens is 328 g/mol. The lowest BCUT2D eigenvalue weighted by Crippen LogP contribution is -2.12. The normalized spacial score (nSPS) is 13.3. The third kappa shape index (κ3) is 3.40. The Labute approximate surface area is 153 Å². The van der Waals surface area contributed by atoms with Crippen LogP contribution in [-0.4, -0.2) is 11.8 Å². The van der Waals surface area contributed by atoms with E-state index >= 15 is 0 Å². The molecule has 26 heavy (non-hydrogen) atoms. The summed E-state index contributed by atoms with van der Waals surface area (Å²) in [5.74, 6) is 0.505. The van der Waals surface area contributed by atoms with Crippen molar-refractivity contribution in [2.45, 2.75) is 40.0 Å². The second-order valence-electron chi connectivity index (χ2n) is 7.64. The van der Waals surface area contributed by atoms with E-state index in [0.717, 1.165) is 11.1 Å². The third-order valence-corrected chi connectivity index (χ3v) is 4.27. The van der Waals surface area contributed by atoms with Crippen LogP contribution >= 0.6 is 0 Å². The van der Waals surface area contributed by atoms with Gasteiger partial charge in [-0.1, -0.05) is 32.9 Å². The number of ketones is 1. The number of rotatable bonds is 2. The van der Waals surface area contributed by atoms with Crippen LogP contribution < -0.4 is 9.47 Å². The minimum Gasteiger partial charge on any atom is -0.452 e. The van der Waals surface area contributed by atoms with E-state index in [-0.39, 0.29) is 11.2 Å². The molecule has 4 nitrogen and oxygen atoms in total. The van der Waals surface area contributed by atoms with Crippen molar-refractivity contribution in [3.63, 3.8) is 0 Å². The standard InChI is InChI=1S/C22H22O4/c1-13(2)20-19(23)17-11-10-16(12-18(17)26-20)25-21(24)14-6-8-15(9-7-14)22(3,4)5/h6-12H,1-5H3. The molecule has 0 unspecified atom stereocenters. The molecule has 3 rings (SSSR count). The number of hydrogen-bond acceptors (Lipinski definition) is 4. The topological polar surface area (TPSA) is 52.6 Å². The van der Waals surface area contributed by atoms with E-state index in [1.807, 2.05) is 26.0 Å². The van der Waals surface area contributed by atoms with Gasteiger partial charge in [0, 0.05) is 6.07 Å². The summed E-state index contributed by atoms with van der Waals surface area (Å²) >= 11 is 0. The number of fused-ring (bicyclic) bond motifs is 1. The molecule has 4 heteroatoms. The fourth-order valence-electron chi connectivity index (χ4n) is 2.72. The predicted molar refractivity (Wildman–Crippen MR) is 99.9 cm³/mol. The van der Waals surface area contributed by atoms with Crippen LogP contribution in [-0.2, 0) is 5.41 Å². The fourth-order valence-corrected chi connectivity index (χ4v) is 2.72. The minimum absolute atomic E-state index is 0.0227. The summed E-state index contributed by atoms with van der Waals surface area (Å²) in [4.78, 5) is 24.6. The van der Waals surface area contributed by atoms with E-state index in [2.05, 4.69) is 20.8 Å². The van der Waals surface area contributed by atoms with E-state index in [0.29, 0.717) is 28.4 Å². The Morgan fingerprint density at radius 1 is 1.00 bits per heavy atom. The molecule has 0 amide bonds. The van der Waals surface area contributed by atoms with Gasteiger partial charge in [-0.15, -0.1) is 0 Å². The summed E-state index contributed by atoms with van der Waals surface area (Å²) in [6.45, 7) is 10.00. The van der Waals surface area contributed by atoms with Crippen molar-refractivity contribution >= 4 is 11.8 Å². The van der Waals surface area contributed by atoms with E-state index in [9.17, 15) is 9.59 Å². The molecule has 0 fully saturated rings. The lowest BCUT2D eigenvalue weighted by atomic mass is 9.87. The molecule has 0 saturated carbocycles. The molecule has 1 aliphatic rings. The Morgan fingerprint density at radius 2 is 1.65 bits per heavy atom. The van der Waals surface area contributed by atoms with Crippen molar-refractivity contribution in [2.75, 3.05) is 0 Å². The highest BCUT2D eigenvalue weighted by atomic mass is 16.5. The first-order valence-electron chi connectivity index (χ1n) is 8.53. The van der Waals surface area contributed by atoms with Gasteiger partial charge >= 0.3 is 5.97 Å². The highest BCUT2D eigenvalue weighted by Crippen LogP contribution is 2.35. The monoisotopic (exact) mass is 350 g/mol. The SMILES string of the molecule is CC(C)=C1Oc2cc(OC(=O)c3ccc(C(C)(C)C)cc3)ccc2C1=O. The lowest BCUT2D eigenvalue weighted by molar-refractivity contribution is 0.0734. The number of ether oxygens (including phenoxy) is 2. The number of carbonyl (C=O) groups excluding carboxylic acids is 2. The van der Waals surface area contributed by atoms with Gasteiger partial charge in [-0.2, -0.15) is 0 Å². The van der Waals surface area contributed by atoms with Crippen molar-refractivity contribution in [3.8, 4) is 11.5 Å². The van der Waals surface area contributed by atoms with Crippen LogP contribution in [0.2, 0.25) is 0 Å². The summed E-state index contributed by atoms with van der Waals surface area (Å²) in [5, 5.41) is 0. The average Bonchev–Trinajstić information content (AvgIpc) is 2.91. The van der Waals surface area contributed by atoms with Crippen molar-refractivity contribution in [3.05, 3.63) is 70.5 Å². The molecule has 134 valence electrons. The number of allylic oxidation sites excluding steroid dienone is 2. The number of esters is 1. The molecule has 0 radical (unpaired) electrons. The van der Waals surface area contributed by atoms with E-state index in [1.165, 1.54) is 0 Å². The molecule has 0 saturated heterocycles. The molecule has 0 aromatic heterocycles. The minimum atomic E-state index is -0.447. The first-order chi connectivity index (χ1) is 12.2. The Kier molecular flexibility index (Phi) is 4.45. The molecular formula is C22H22O4. The van der Waals surface area contributed by atoms with Gasteiger partial charge < -0.3 is 9.47 Å². The molecule has 1 heterocycles. The fraction of sp³-hybridized carbons (Fsp3) is 0.273. The molecule has 0 N–H and O–H groups in total. The van der Waals surface area contributed by atoms with Crippen LogP contribution in [0.25, 0.3) is 0 Å². The molecule has 2 aromatic rings. The van der Waals surface area contributed by atoms with Crippen LogP contribution in [0.5, 0.6) is 11.5 Å². The first kappa shape index (κ1) is 17.9. The second kappa shape index (κ2) is 6.45. The zero-order valence-corrected chi connectivity index (χ0v) is 15.7. The van der Waals surface area contributed by atoms with Gasteiger partial charge in [0.15, 0.2) is 5.76 Å². The van der Waals surface area contributed by atoms with Gasteiger partial charge in [-0.05, 0) is 54.7 Å². The Balaban J connectivity index is 1.79. The highest BCUT2D eigenvalue weighted by Gasteiger charge is 2.28.